The Hall–Kier alpha value is -2.16. The average molecular weight is 500 g/mol. The Morgan fingerprint density at radius 3 is 2.44 bits per heavy atom. The molecule has 0 saturated carbocycles. The van der Waals surface area contributed by atoms with Crippen LogP contribution in [0.2, 0.25) is 0 Å². The van der Waals surface area contributed by atoms with E-state index in [2.05, 4.69) is 20.9 Å². The van der Waals surface area contributed by atoms with Crippen LogP contribution < -0.4 is 9.41 Å². The number of ether oxygens (including phenoxy) is 1. The highest BCUT2D eigenvalue weighted by molar-refractivity contribution is 8.44. The molecule has 1 aliphatic rings. The second-order valence-electron chi connectivity index (χ2n) is 6.89. The van der Waals surface area contributed by atoms with Gasteiger partial charge >= 0.3 is 0 Å². The molecule has 6 nitrogen and oxygen atoms in total. The zero-order valence-electron chi connectivity index (χ0n) is 17.8. The highest BCUT2D eigenvalue weighted by Crippen LogP contribution is 2.68. The molecule has 3 aromatic rings. The van der Waals surface area contributed by atoms with Crippen molar-refractivity contribution >= 4 is 64.4 Å². The summed E-state index contributed by atoms with van der Waals surface area (Å²) in [6, 6.07) is 21.8. The van der Waals surface area contributed by atoms with Crippen LogP contribution in [0.25, 0.3) is 0 Å². The number of rotatable bonds is 6. The predicted molar refractivity (Wildman–Crippen MR) is 143 cm³/mol. The van der Waals surface area contributed by atoms with Crippen molar-refractivity contribution in [1.29, 1.82) is 0 Å². The van der Waals surface area contributed by atoms with E-state index < -0.39 is 6.92 Å². The Balaban J connectivity index is 1.77. The quantitative estimate of drug-likeness (QED) is 0.182. The van der Waals surface area contributed by atoms with E-state index in [-0.39, 0.29) is 0 Å². The first-order valence-electron chi connectivity index (χ1n) is 9.72. The maximum atomic E-state index is 6.20. The van der Waals surface area contributed by atoms with Crippen molar-refractivity contribution in [1.82, 2.24) is 4.67 Å². The summed E-state index contributed by atoms with van der Waals surface area (Å²) in [7, 11) is 5.59. The first-order valence-corrected chi connectivity index (χ1v) is 14.1. The van der Waals surface area contributed by atoms with Gasteiger partial charge in [0.15, 0.2) is 12.0 Å². The van der Waals surface area contributed by atoms with Crippen LogP contribution in [0.5, 0.6) is 5.75 Å². The van der Waals surface area contributed by atoms with Crippen LogP contribution in [0.1, 0.15) is 10.4 Å². The number of benzene rings is 2. The number of hydrogen-bond donors (Lipinski definition) is 0. The van der Waals surface area contributed by atoms with Gasteiger partial charge in [-0.3, -0.25) is 0 Å². The summed E-state index contributed by atoms with van der Waals surface area (Å²) in [5.74, 6) is 0.801. The van der Waals surface area contributed by atoms with Crippen LogP contribution in [0, 0.1) is 0 Å². The minimum atomic E-state index is -2.54. The van der Waals surface area contributed by atoms with Crippen molar-refractivity contribution in [3.8, 4) is 5.75 Å². The third-order valence-electron chi connectivity index (χ3n) is 4.57. The van der Waals surface area contributed by atoms with E-state index in [4.69, 9.17) is 21.7 Å². The number of hydrogen-bond acceptors (Lipinski definition) is 8. The third-order valence-corrected chi connectivity index (χ3v) is 11.0. The van der Waals surface area contributed by atoms with Gasteiger partial charge in [-0.05, 0) is 65.2 Å². The van der Waals surface area contributed by atoms with Gasteiger partial charge in [-0.1, -0.05) is 29.0 Å². The van der Waals surface area contributed by atoms with Crippen molar-refractivity contribution < 1.29 is 4.74 Å². The molecule has 10 heteroatoms. The molecule has 0 spiro atoms. The summed E-state index contributed by atoms with van der Waals surface area (Å²) in [6.45, 7) is -2.54. The zero-order chi connectivity index (χ0) is 22.6. The van der Waals surface area contributed by atoms with Crippen LogP contribution in [0.3, 0.4) is 0 Å². The van der Waals surface area contributed by atoms with Gasteiger partial charge < -0.3 is 17.0 Å². The maximum absolute atomic E-state index is 6.20. The largest absolute Gasteiger partial charge is 0.497 e. The summed E-state index contributed by atoms with van der Waals surface area (Å²) in [6.07, 6.45) is 1.73. The lowest BCUT2D eigenvalue weighted by atomic mass is 10.2. The molecule has 0 radical (unpaired) electrons. The molecule has 2 heterocycles. The molecule has 0 amide bonds. The Kier molecular flexibility index (Phi) is 7.33. The van der Waals surface area contributed by atoms with Gasteiger partial charge in [0.05, 0.1) is 23.9 Å². The molecular weight excluding hydrogens is 477 g/mol. The molecule has 0 saturated heterocycles. The fraction of sp³-hybridized carbons (Fsp3) is 0.136. The second-order valence-corrected chi connectivity index (χ2v) is 12.7. The normalized spacial score (nSPS) is 20.2. The molecule has 4 rings (SSSR count). The third kappa shape index (κ3) is 4.92. The van der Waals surface area contributed by atoms with Crippen molar-refractivity contribution in [3.05, 3.63) is 82.6 Å². The van der Waals surface area contributed by atoms with E-state index in [1.165, 1.54) is 11.8 Å². The van der Waals surface area contributed by atoms with Gasteiger partial charge in [0.1, 0.15) is 5.75 Å². The highest BCUT2D eigenvalue weighted by atomic mass is 32.7. The number of thioether (sulfide) groups is 1. The molecule has 164 valence electrons. The summed E-state index contributed by atoms with van der Waals surface area (Å²) in [5, 5.41) is 12.6. The smallest absolute Gasteiger partial charge is 0.231 e. The Labute approximate surface area is 202 Å². The summed E-state index contributed by atoms with van der Waals surface area (Å²) >= 11 is 9.33. The number of nitrogens with zero attached hydrogens (tertiary/aromatic N) is 5. The van der Waals surface area contributed by atoms with E-state index in [1.54, 1.807) is 24.7 Å². The molecule has 0 bridgehead atoms. The fourth-order valence-electron chi connectivity index (χ4n) is 2.92. The van der Waals surface area contributed by atoms with Gasteiger partial charge in [0.25, 0.3) is 0 Å². The monoisotopic (exact) mass is 499 g/mol. The van der Waals surface area contributed by atoms with Gasteiger partial charge in [-0.25, -0.2) is 0 Å². The topological polar surface area (TPSA) is 52.8 Å². The Morgan fingerprint density at radius 2 is 1.81 bits per heavy atom. The van der Waals surface area contributed by atoms with Crippen molar-refractivity contribution in [2.24, 2.45) is 15.0 Å². The first-order chi connectivity index (χ1) is 15.5. The molecule has 0 fully saturated rings. The molecular formula is C22H22N5OPS3. The van der Waals surface area contributed by atoms with E-state index in [0.717, 1.165) is 26.9 Å². The minimum absolute atomic E-state index is 0.705. The number of amidine groups is 1. The molecule has 0 aliphatic carbocycles. The number of anilines is 1. The molecule has 1 unspecified atom stereocenters. The molecule has 32 heavy (non-hydrogen) atoms. The molecule has 1 atom stereocenters. The SMILES string of the molecule is COc1ccc(/C=N/N=C2/SC(c3cccs3)=N[P+]([S-])(N(C)C)N2c2ccccc2)cc1. The molecule has 1 aliphatic heterocycles. The molecule has 0 N–H and O–H groups in total. The Morgan fingerprint density at radius 1 is 1.06 bits per heavy atom. The average Bonchev–Trinajstić information content (AvgIpc) is 3.35. The van der Waals surface area contributed by atoms with E-state index >= 15 is 0 Å². The van der Waals surface area contributed by atoms with Crippen LogP contribution in [-0.4, -0.2) is 42.3 Å². The standard InChI is InChI=1S/C22H22N5OPS3/c1-26(2)29(30)25-21(20-10-7-15-31-20)32-22(27(29)18-8-5-4-6-9-18)24-23-16-17-11-13-19(28-3)14-12-17/h4-16H,1-3H3/b23-16+,24-22+. The minimum Gasteiger partial charge on any atom is -0.497 e. The van der Waals surface area contributed by atoms with Crippen LogP contribution in [0.4, 0.5) is 5.69 Å². The highest BCUT2D eigenvalue weighted by Gasteiger charge is 2.45. The van der Waals surface area contributed by atoms with Gasteiger partial charge in [0.2, 0.25) is 5.17 Å². The van der Waals surface area contributed by atoms with Gasteiger partial charge in [-0.15, -0.1) is 16.4 Å². The van der Waals surface area contributed by atoms with Crippen LogP contribution in [0.15, 0.2) is 87.1 Å². The van der Waals surface area contributed by atoms with Gasteiger partial charge in [-0.2, -0.15) is 14.4 Å². The summed E-state index contributed by atoms with van der Waals surface area (Å²) in [4.78, 5) is 1.07. The molecule has 2 aromatic carbocycles. The predicted octanol–water partition coefficient (Wildman–Crippen LogP) is 5.93. The van der Waals surface area contributed by atoms with Crippen molar-refractivity contribution in [3.63, 3.8) is 0 Å². The maximum Gasteiger partial charge on any atom is 0.231 e. The van der Waals surface area contributed by atoms with Crippen molar-refractivity contribution in [2.45, 2.75) is 0 Å². The van der Waals surface area contributed by atoms with E-state index in [1.807, 2.05) is 84.8 Å². The van der Waals surface area contributed by atoms with Crippen LogP contribution in [-0.2, 0) is 12.2 Å². The van der Waals surface area contributed by atoms with Crippen molar-refractivity contribution in [2.75, 3.05) is 25.9 Å². The van der Waals surface area contributed by atoms with E-state index in [9.17, 15) is 0 Å². The van der Waals surface area contributed by atoms with Gasteiger partial charge in [0, 0.05) is 14.1 Å². The lowest BCUT2D eigenvalue weighted by Crippen LogP contribution is -2.37. The summed E-state index contributed by atoms with van der Waals surface area (Å²) < 4.78 is 14.4. The lowest BCUT2D eigenvalue weighted by Gasteiger charge is -2.43. The molecule has 1 aromatic heterocycles. The van der Waals surface area contributed by atoms with E-state index in [0.29, 0.717) is 5.17 Å². The number of thiophene rings is 1. The number of para-hydroxylation sites is 1. The zero-order valence-corrected chi connectivity index (χ0v) is 21.2. The van der Waals surface area contributed by atoms with Crippen LogP contribution >= 0.6 is 30.0 Å². The number of methoxy groups -OCH3 is 1. The first kappa shape index (κ1) is 23.0. The lowest BCUT2D eigenvalue weighted by molar-refractivity contribution is 0.415. The second kappa shape index (κ2) is 10.2. The Bertz CT molecular complexity index is 1130. The summed E-state index contributed by atoms with van der Waals surface area (Å²) in [5.41, 5.74) is 1.88. The fourth-order valence-corrected chi connectivity index (χ4v) is 8.19.